The first-order chi connectivity index (χ1) is 44.5. The maximum atomic E-state index is 12.6. The highest BCUT2D eigenvalue weighted by Gasteiger charge is 2.20. The van der Waals surface area contributed by atoms with Gasteiger partial charge in [-0.2, -0.15) is 0 Å². The van der Waals surface area contributed by atoms with Crippen LogP contribution in [0.1, 0.15) is 450 Å². The van der Waals surface area contributed by atoms with Gasteiger partial charge in [0.05, 0.1) is 25.4 Å². The van der Waals surface area contributed by atoms with Crippen LogP contribution >= 0.6 is 0 Å². The Balaban J connectivity index is 3.36. The number of allylic oxidation sites excluding steroid dienone is 8. The Labute approximate surface area is 563 Å². The predicted molar refractivity (Wildman–Crippen MR) is 398 cm³/mol. The Bertz CT molecular complexity index is 1500. The van der Waals surface area contributed by atoms with Gasteiger partial charge in [0.1, 0.15) is 0 Å². The summed E-state index contributed by atoms with van der Waals surface area (Å²) in [7, 11) is 0. The zero-order chi connectivity index (χ0) is 64.9. The van der Waals surface area contributed by atoms with Gasteiger partial charge < -0.3 is 20.3 Å². The minimum Gasteiger partial charge on any atom is -0.466 e. The summed E-state index contributed by atoms with van der Waals surface area (Å²) in [5.74, 6) is -0.0162. The largest absolute Gasteiger partial charge is 0.466 e. The zero-order valence-corrected chi connectivity index (χ0v) is 60.9. The molecule has 6 heteroatoms. The molecule has 0 fully saturated rings. The second-order valence-electron chi connectivity index (χ2n) is 28.1. The van der Waals surface area contributed by atoms with Gasteiger partial charge in [-0.3, -0.25) is 9.59 Å². The van der Waals surface area contributed by atoms with Crippen molar-refractivity contribution in [2.75, 3.05) is 13.2 Å². The van der Waals surface area contributed by atoms with E-state index in [4.69, 9.17) is 4.74 Å². The lowest BCUT2D eigenvalue weighted by molar-refractivity contribution is -0.143. The number of aliphatic hydroxyl groups is 2. The zero-order valence-electron chi connectivity index (χ0n) is 60.9. The second kappa shape index (κ2) is 79.3. The van der Waals surface area contributed by atoms with E-state index in [0.29, 0.717) is 25.9 Å². The van der Waals surface area contributed by atoms with Crippen molar-refractivity contribution in [3.63, 3.8) is 0 Å². The lowest BCUT2D eigenvalue weighted by atomic mass is 10.0. The summed E-state index contributed by atoms with van der Waals surface area (Å²) in [6.45, 7) is 4.98. The molecule has 0 aromatic heterocycles. The van der Waals surface area contributed by atoms with E-state index in [2.05, 4.69) is 67.8 Å². The first-order valence-corrected chi connectivity index (χ1v) is 40.9. The van der Waals surface area contributed by atoms with E-state index in [0.717, 1.165) is 57.8 Å². The quantitative estimate of drug-likeness (QED) is 0.0320. The van der Waals surface area contributed by atoms with E-state index in [9.17, 15) is 19.8 Å². The van der Waals surface area contributed by atoms with Crippen LogP contribution in [0.5, 0.6) is 0 Å². The Morgan fingerprint density at radius 1 is 0.311 bits per heavy atom. The van der Waals surface area contributed by atoms with Gasteiger partial charge in [-0.15, -0.1) is 0 Å². The molecule has 530 valence electrons. The molecule has 90 heavy (non-hydrogen) atoms. The minimum absolute atomic E-state index is 0.0119. The monoisotopic (exact) mass is 1260 g/mol. The number of unbranched alkanes of at least 4 members (excludes halogenated alkanes) is 58. The number of carbonyl (C=O) groups excluding carboxylic acids is 2. The summed E-state index contributed by atoms with van der Waals surface area (Å²) < 4.78 is 5.51. The fourth-order valence-electron chi connectivity index (χ4n) is 12.9. The number of hydrogen-bond donors (Lipinski definition) is 3. The first kappa shape index (κ1) is 87.8. The molecule has 0 aromatic carbocycles. The van der Waals surface area contributed by atoms with E-state index >= 15 is 0 Å². The van der Waals surface area contributed by atoms with Crippen LogP contribution in [0, 0.1) is 0 Å². The van der Waals surface area contributed by atoms with Crippen LogP contribution in [0.15, 0.2) is 48.6 Å². The van der Waals surface area contributed by atoms with E-state index < -0.39 is 12.1 Å². The van der Waals surface area contributed by atoms with Crippen LogP contribution in [0.3, 0.4) is 0 Å². The van der Waals surface area contributed by atoms with Crippen molar-refractivity contribution < 1.29 is 24.5 Å². The van der Waals surface area contributed by atoms with E-state index in [-0.39, 0.29) is 18.5 Å². The third-order valence-electron chi connectivity index (χ3n) is 19.1. The summed E-state index contributed by atoms with van der Waals surface area (Å²) in [5.41, 5.74) is 0. The Kier molecular flexibility index (Phi) is 77.3. The van der Waals surface area contributed by atoms with Gasteiger partial charge in [0, 0.05) is 12.8 Å². The standard InChI is InChI=1S/C84H159NO5/c1-3-5-7-9-11-13-15-17-19-21-44-48-52-56-60-64-68-72-76-82(87)81(80-86)85-83(88)77-73-69-65-61-57-53-49-45-42-40-38-36-34-32-30-28-26-24-23-25-27-29-31-33-35-37-39-41-43-47-51-55-59-63-67-71-75-79-90-84(89)78-74-70-66-62-58-54-50-46-22-20-18-16-14-12-10-8-6-4-2/h14,16,20,22-23,25,29,31,81-82,86-87H,3-13,15,17-19,21,24,26-28,30,32-80H2,1-2H3,(H,85,88)/b16-14-,22-20-,25-23-,31-29-. The molecule has 2 atom stereocenters. The van der Waals surface area contributed by atoms with Crippen molar-refractivity contribution >= 4 is 11.9 Å². The fraction of sp³-hybridized carbons (Fsp3) is 0.881. The summed E-state index contributed by atoms with van der Waals surface area (Å²) in [5, 5.41) is 23.4. The number of ether oxygens (including phenoxy) is 1. The molecule has 0 bridgehead atoms. The molecule has 3 N–H and O–H groups in total. The Morgan fingerprint density at radius 3 is 0.856 bits per heavy atom. The molecule has 0 heterocycles. The molecule has 0 radical (unpaired) electrons. The smallest absolute Gasteiger partial charge is 0.305 e. The van der Waals surface area contributed by atoms with E-state index in [1.807, 2.05) is 0 Å². The number of rotatable bonds is 77. The molecule has 0 aliphatic rings. The highest BCUT2D eigenvalue weighted by molar-refractivity contribution is 5.76. The topological polar surface area (TPSA) is 95.9 Å². The SMILES string of the molecule is CCCCCC/C=C\C/C=C\CCCCCCCCCC(=O)OCCCCCCCCCCCCCCC/C=C\C/C=C\CCCCCCCCCCCCCCCCCCCC(=O)NC(CO)C(O)CCCCCCCCCCCCCCCCCCCC. The summed E-state index contributed by atoms with van der Waals surface area (Å²) >= 11 is 0. The van der Waals surface area contributed by atoms with Crippen LogP contribution < -0.4 is 5.32 Å². The van der Waals surface area contributed by atoms with Gasteiger partial charge in [0.25, 0.3) is 0 Å². The molecule has 0 spiro atoms. The van der Waals surface area contributed by atoms with Gasteiger partial charge >= 0.3 is 5.97 Å². The lowest BCUT2D eigenvalue weighted by Crippen LogP contribution is -2.45. The van der Waals surface area contributed by atoms with Crippen molar-refractivity contribution in [1.29, 1.82) is 0 Å². The van der Waals surface area contributed by atoms with Crippen LogP contribution in [0.25, 0.3) is 0 Å². The lowest BCUT2D eigenvalue weighted by Gasteiger charge is -2.22. The van der Waals surface area contributed by atoms with Crippen molar-refractivity contribution in [2.24, 2.45) is 0 Å². The van der Waals surface area contributed by atoms with Crippen LogP contribution in [-0.4, -0.2) is 47.4 Å². The van der Waals surface area contributed by atoms with E-state index in [1.165, 1.54) is 360 Å². The fourth-order valence-corrected chi connectivity index (χ4v) is 12.9. The molecule has 0 saturated heterocycles. The van der Waals surface area contributed by atoms with Gasteiger partial charge in [-0.05, 0) is 89.9 Å². The number of aliphatic hydroxyl groups excluding tert-OH is 2. The molecular weight excluding hydrogens is 1100 g/mol. The van der Waals surface area contributed by atoms with Gasteiger partial charge in [-0.25, -0.2) is 0 Å². The van der Waals surface area contributed by atoms with Crippen LogP contribution in [0.2, 0.25) is 0 Å². The molecule has 0 aliphatic heterocycles. The highest BCUT2D eigenvalue weighted by atomic mass is 16.5. The average Bonchev–Trinajstić information content (AvgIpc) is 3.69. The van der Waals surface area contributed by atoms with Crippen LogP contribution in [0.4, 0.5) is 0 Å². The van der Waals surface area contributed by atoms with Gasteiger partial charge in [0.15, 0.2) is 0 Å². The summed E-state index contributed by atoms with van der Waals surface area (Å²) in [6.07, 6.45) is 105. The number of esters is 1. The molecule has 0 rings (SSSR count). The first-order valence-electron chi connectivity index (χ1n) is 40.9. The average molecular weight is 1260 g/mol. The van der Waals surface area contributed by atoms with Crippen LogP contribution in [-0.2, 0) is 14.3 Å². The van der Waals surface area contributed by atoms with E-state index in [1.54, 1.807) is 0 Å². The molecule has 0 saturated carbocycles. The summed E-state index contributed by atoms with van der Waals surface area (Å²) in [4.78, 5) is 24.7. The van der Waals surface area contributed by atoms with Crippen molar-refractivity contribution in [3.8, 4) is 0 Å². The maximum Gasteiger partial charge on any atom is 0.305 e. The summed E-state index contributed by atoms with van der Waals surface area (Å²) in [6, 6.07) is -0.540. The maximum absolute atomic E-state index is 12.6. The number of amides is 1. The number of nitrogens with one attached hydrogen (secondary N) is 1. The Morgan fingerprint density at radius 2 is 0.556 bits per heavy atom. The van der Waals surface area contributed by atoms with Gasteiger partial charge in [0.2, 0.25) is 5.91 Å². The predicted octanol–water partition coefficient (Wildman–Crippen LogP) is 27.2. The molecular formula is C84H159NO5. The normalized spacial score (nSPS) is 12.7. The van der Waals surface area contributed by atoms with Crippen molar-refractivity contribution in [2.45, 2.75) is 463 Å². The molecule has 2 unspecified atom stereocenters. The molecule has 1 amide bonds. The van der Waals surface area contributed by atoms with Crippen molar-refractivity contribution in [3.05, 3.63) is 48.6 Å². The number of carbonyl (C=O) groups is 2. The minimum atomic E-state index is -0.663. The molecule has 6 nitrogen and oxygen atoms in total. The molecule has 0 aromatic rings. The van der Waals surface area contributed by atoms with Crippen molar-refractivity contribution in [1.82, 2.24) is 5.32 Å². The van der Waals surface area contributed by atoms with Gasteiger partial charge in [-0.1, -0.05) is 396 Å². The number of hydrogen-bond acceptors (Lipinski definition) is 5. The highest BCUT2D eigenvalue weighted by Crippen LogP contribution is 2.20. The third kappa shape index (κ3) is 74.9. The Hall–Kier alpha value is -2.18. The molecule has 0 aliphatic carbocycles. The third-order valence-corrected chi connectivity index (χ3v) is 19.1. The second-order valence-corrected chi connectivity index (χ2v) is 28.1.